The molecule has 17 heavy (non-hydrogen) atoms. The third-order valence-electron chi connectivity index (χ3n) is 2.22. The van der Waals surface area contributed by atoms with Gasteiger partial charge in [-0.05, 0) is 13.8 Å². The summed E-state index contributed by atoms with van der Waals surface area (Å²) in [5.74, 6) is 1.70. The zero-order valence-electron chi connectivity index (χ0n) is 10.4. The number of aromatic nitrogens is 4. The Kier molecular flexibility index (Phi) is 2.95. The van der Waals surface area contributed by atoms with E-state index < -0.39 is 0 Å². The van der Waals surface area contributed by atoms with E-state index in [9.17, 15) is 0 Å². The van der Waals surface area contributed by atoms with E-state index in [0.29, 0.717) is 17.7 Å². The van der Waals surface area contributed by atoms with Crippen molar-refractivity contribution in [2.75, 3.05) is 12.4 Å². The maximum absolute atomic E-state index is 5.66. The Bertz CT molecular complexity index is 535. The first kappa shape index (κ1) is 11.4. The Morgan fingerprint density at radius 2 is 1.94 bits per heavy atom. The van der Waals surface area contributed by atoms with Crippen LogP contribution < -0.4 is 10.1 Å². The minimum atomic E-state index is 0.504. The van der Waals surface area contributed by atoms with Crippen molar-refractivity contribution >= 4 is 5.95 Å². The first-order valence-electron chi connectivity index (χ1n) is 5.30. The van der Waals surface area contributed by atoms with Crippen molar-refractivity contribution in [1.29, 1.82) is 0 Å². The molecule has 0 aliphatic carbocycles. The monoisotopic (exact) mass is 233 g/mol. The Balaban J connectivity index is 2.29. The molecular formula is C11H15N5O. The molecule has 0 fully saturated rings. The highest BCUT2D eigenvalue weighted by Gasteiger charge is 2.07. The summed E-state index contributed by atoms with van der Waals surface area (Å²) in [5, 5.41) is 7.09. The Morgan fingerprint density at radius 1 is 1.18 bits per heavy atom. The molecular weight excluding hydrogens is 218 g/mol. The van der Waals surface area contributed by atoms with E-state index in [1.165, 1.54) is 0 Å². The van der Waals surface area contributed by atoms with E-state index in [1.807, 2.05) is 27.0 Å². The molecule has 0 aliphatic rings. The number of ether oxygens (including phenoxy) is 1. The summed E-state index contributed by atoms with van der Waals surface area (Å²) >= 11 is 0. The minimum Gasteiger partial charge on any atom is -0.421 e. The molecule has 0 amide bonds. The maximum Gasteiger partial charge on any atom is 0.226 e. The van der Waals surface area contributed by atoms with Gasteiger partial charge in [-0.1, -0.05) is 0 Å². The molecule has 0 bridgehead atoms. The maximum atomic E-state index is 5.66. The highest BCUT2D eigenvalue weighted by Crippen LogP contribution is 2.21. The largest absolute Gasteiger partial charge is 0.421 e. The van der Waals surface area contributed by atoms with Crippen molar-refractivity contribution in [2.45, 2.75) is 13.8 Å². The van der Waals surface area contributed by atoms with E-state index >= 15 is 0 Å². The zero-order chi connectivity index (χ0) is 12.4. The second-order valence-corrected chi connectivity index (χ2v) is 3.77. The fraction of sp³-hybridized carbons (Fsp3) is 0.364. The molecule has 0 spiro atoms. The Morgan fingerprint density at radius 3 is 2.53 bits per heavy atom. The highest BCUT2D eigenvalue weighted by atomic mass is 16.5. The van der Waals surface area contributed by atoms with Gasteiger partial charge in [0.05, 0.1) is 5.69 Å². The van der Waals surface area contributed by atoms with Crippen LogP contribution >= 0.6 is 0 Å². The van der Waals surface area contributed by atoms with Gasteiger partial charge < -0.3 is 10.1 Å². The normalized spacial score (nSPS) is 10.4. The van der Waals surface area contributed by atoms with E-state index in [1.54, 1.807) is 17.8 Å². The van der Waals surface area contributed by atoms with Gasteiger partial charge in [0.25, 0.3) is 0 Å². The van der Waals surface area contributed by atoms with Gasteiger partial charge in [0.15, 0.2) is 0 Å². The molecule has 6 nitrogen and oxygen atoms in total. The molecule has 0 aliphatic heterocycles. The third kappa shape index (κ3) is 2.52. The molecule has 0 saturated carbocycles. The minimum absolute atomic E-state index is 0.504. The van der Waals surface area contributed by atoms with E-state index in [-0.39, 0.29) is 0 Å². The van der Waals surface area contributed by atoms with Crippen molar-refractivity contribution in [3.63, 3.8) is 0 Å². The number of hydrogen-bond donors (Lipinski definition) is 1. The summed E-state index contributed by atoms with van der Waals surface area (Å²) in [6.07, 6.45) is 0. The van der Waals surface area contributed by atoms with Crippen molar-refractivity contribution in [2.24, 2.45) is 7.05 Å². The van der Waals surface area contributed by atoms with Crippen molar-refractivity contribution < 1.29 is 4.74 Å². The topological polar surface area (TPSA) is 64.9 Å². The first-order chi connectivity index (χ1) is 8.08. The van der Waals surface area contributed by atoms with E-state index in [2.05, 4.69) is 20.4 Å². The van der Waals surface area contributed by atoms with Crippen LogP contribution in [0.25, 0.3) is 0 Å². The van der Waals surface area contributed by atoms with Crippen LogP contribution in [0.1, 0.15) is 11.4 Å². The van der Waals surface area contributed by atoms with Gasteiger partial charge in [-0.2, -0.15) is 10.1 Å². The lowest BCUT2D eigenvalue weighted by Gasteiger charge is -2.06. The average Bonchev–Trinajstić information content (AvgIpc) is 2.56. The Hall–Kier alpha value is -2.11. The Labute approximate surface area is 99.7 Å². The van der Waals surface area contributed by atoms with Crippen LogP contribution in [0.2, 0.25) is 0 Å². The van der Waals surface area contributed by atoms with Crippen LogP contribution in [0.4, 0.5) is 5.95 Å². The predicted molar refractivity (Wildman–Crippen MR) is 64.3 cm³/mol. The van der Waals surface area contributed by atoms with Crippen molar-refractivity contribution in [1.82, 2.24) is 19.7 Å². The standard InChI is InChI=1S/C11H15N5O/c1-7-5-9(14-11(12-3)13-7)17-10-6-8(2)15-16(10)4/h5-6H,1-4H3,(H,12,13,14). The fourth-order valence-corrected chi connectivity index (χ4v) is 1.49. The smallest absolute Gasteiger partial charge is 0.226 e. The molecule has 0 radical (unpaired) electrons. The summed E-state index contributed by atoms with van der Waals surface area (Å²) in [4.78, 5) is 8.41. The summed E-state index contributed by atoms with van der Waals surface area (Å²) in [6.45, 7) is 3.81. The predicted octanol–water partition coefficient (Wildman–Crippen LogP) is 1.66. The van der Waals surface area contributed by atoms with Gasteiger partial charge in [0.2, 0.25) is 17.7 Å². The van der Waals surface area contributed by atoms with Crippen LogP contribution in [-0.2, 0) is 7.05 Å². The van der Waals surface area contributed by atoms with E-state index in [4.69, 9.17) is 4.74 Å². The van der Waals surface area contributed by atoms with Gasteiger partial charge in [-0.3, -0.25) is 0 Å². The molecule has 0 unspecified atom stereocenters. The molecule has 6 heteroatoms. The molecule has 0 aromatic carbocycles. The molecule has 90 valence electrons. The lowest BCUT2D eigenvalue weighted by Crippen LogP contribution is -2.01. The number of nitrogens with zero attached hydrogens (tertiary/aromatic N) is 4. The summed E-state index contributed by atoms with van der Waals surface area (Å²) in [5.41, 5.74) is 1.75. The summed E-state index contributed by atoms with van der Waals surface area (Å²) in [6, 6.07) is 3.64. The number of nitrogens with one attached hydrogen (secondary N) is 1. The first-order valence-corrected chi connectivity index (χ1v) is 5.30. The van der Waals surface area contributed by atoms with Gasteiger partial charge in [-0.25, -0.2) is 9.67 Å². The zero-order valence-corrected chi connectivity index (χ0v) is 10.4. The second-order valence-electron chi connectivity index (χ2n) is 3.77. The SMILES string of the molecule is CNc1nc(C)cc(Oc2cc(C)nn2C)n1. The molecule has 1 N–H and O–H groups in total. The molecule has 2 aromatic heterocycles. The fourth-order valence-electron chi connectivity index (χ4n) is 1.49. The van der Waals surface area contributed by atoms with Crippen LogP contribution in [0.15, 0.2) is 12.1 Å². The molecule has 2 aromatic rings. The van der Waals surface area contributed by atoms with Gasteiger partial charge in [0, 0.05) is 31.9 Å². The van der Waals surface area contributed by atoms with Crippen LogP contribution in [0.5, 0.6) is 11.8 Å². The average molecular weight is 233 g/mol. The van der Waals surface area contributed by atoms with Crippen molar-refractivity contribution in [3.8, 4) is 11.8 Å². The van der Waals surface area contributed by atoms with Crippen molar-refractivity contribution in [3.05, 3.63) is 23.5 Å². The van der Waals surface area contributed by atoms with Gasteiger partial charge >= 0.3 is 0 Å². The molecule has 2 heterocycles. The molecule has 2 rings (SSSR count). The number of hydrogen-bond acceptors (Lipinski definition) is 5. The van der Waals surface area contributed by atoms with Gasteiger partial charge in [-0.15, -0.1) is 0 Å². The number of rotatable bonds is 3. The lowest BCUT2D eigenvalue weighted by atomic mass is 10.4. The van der Waals surface area contributed by atoms with Gasteiger partial charge in [0.1, 0.15) is 0 Å². The number of anilines is 1. The second kappa shape index (κ2) is 4.40. The van der Waals surface area contributed by atoms with Crippen LogP contribution in [0, 0.1) is 13.8 Å². The molecule has 0 atom stereocenters. The van der Waals surface area contributed by atoms with Crippen LogP contribution in [-0.4, -0.2) is 26.8 Å². The molecule has 0 saturated heterocycles. The lowest BCUT2D eigenvalue weighted by molar-refractivity contribution is 0.414. The summed E-state index contributed by atoms with van der Waals surface area (Å²) in [7, 11) is 3.60. The summed E-state index contributed by atoms with van der Waals surface area (Å²) < 4.78 is 7.34. The highest BCUT2D eigenvalue weighted by molar-refractivity contribution is 5.31. The number of aryl methyl sites for hydroxylation is 3. The van der Waals surface area contributed by atoms with Crippen LogP contribution in [0.3, 0.4) is 0 Å². The quantitative estimate of drug-likeness (QED) is 0.873. The third-order valence-corrected chi connectivity index (χ3v) is 2.22. The van der Waals surface area contributed by atoms with E-state index in [0.717, 1.165) is 11.4 Å².